The fraction of sp³-hybridized carbons (Fsp3) is 0.357. The highest BCUT2D eigenvalue weighted by Crippen LogP contribution is 2.29. The molecule has 194 valence electrons. The number of hydrogen-bond acceptors (Lipinski definition) is 5. The first-order valence-corrected chi connectivity index (χ1v) is 13.7. The third-order valence-electron chi connectivity index (χ3n) is 6.85. The van der Waals surface area contributed by atoms with Crippen LogP contribution in [0.15, 0.2) is 60.0 Å². The third-order valence-corrected chi connectivity index (χ3v) is 8.17. The molecule has 0 unspecified atom stereocenters. The van der Waals surface area contributed by atoms with Crippen molar-refractivity contribution in [3.8, 4) is 0 Å². The Labute approximate surface area is 225 Å². The highest BCUT2D eigenvalue weighted by Gasteiger charge is 2.31. The van der Waals surface area contributed by atoms with Gasteiger partial charge in [-0.1, -0.05) is 61.2 Å². The Morgan fingerprint density at radius 3 is 2.41 bits per heavy atom. The largest absolute Gasteiger partial charge is 0.332 e. The van der Waals surface area contributed by atoms with Gasteiger partial charge >= 0.3 is 0 Å². The quantitative estimate of drug-likeness (QED) is 0.226. The van der Waals surface area contributed by atoms with Gasteiger partial charge in [0.25, 0.3) is 11.6 Å². The molecule has 0 N–H and O–H groups in total. The van der Waals surface area contributed by atoms with E-state index >= 15 is 0 Å². The van der Waals surface area contributed by atoms with Crippen molar-refractivity contribution in [3.05, 3.63) is 96.7 Å². The number of rotatable bonds is 9. The molecule has 7 nitrogen and oxygen atoms in total. The van der Waals surface area contributed by atoms with E-state index < -0.39 is 4.92 Å². The van der Waals surface area contributed by atoms with Crippen molar-refractivity contribution < 1.29 is 14.5 Å². The fourth-order valence-electron chi connectivity index (χ4n) is 4.73. The van der Waals surface area contributed by atoms with E-state index in [4.69, 9.17) is 11.6 Å². The van der Waals surface area contributed by atoms with E-state index in [0.29, 0.717) is 13.1 Å². The van der Waals surface area contributed by atoms with Gasteiger partial charge in [-0.05, 0) is 48.4 Å². The summed E-state index contributed by atoms with van der Waals surface area (Å²) in [4.78, 5) is 42.7. The van der Waals surface area contributed by atoms with Crippen LogP contribution in [0.4, 0.5) is 5.69 Å². The Balaban J connectivity index is 1.62. The molecule has 37 heavy (non-hydrogen) atoms. The van der Waals surface area contributed by atoms with Crippen LogP contribution in [0.1, 0.15) is 58.5 Å². The van der Waals surface area contributed by atoms with Crippen molar-refractivity contribution in [3.63, 3.8) is 0 Å². The van der Waals surface area contributed by atoms with Crippen LogP contribution in [0.5, 0.6) is 0 Å². The highest BCUT2D eigenvalue weighted by atomic mass is 35.5. The molecule has 1 saturated carbocycles. The minimum absolute atomic E-state index is 0.0165. The van der Waals surface area contributed by atoms with Crippen molar-refractivity contribution in [2.75, 3.05) is 6.54 Å². The number of hydrogen-bond donors (Lipinski definition) is 0. The van der Waals surface area contributed by atoms with Gasteiger partial charge in [0.15, 0.2) is 0 Å². The molecular formula is C28H30ClN3O4S. The van der Waals surface area contributed by atoms with E-state index in [1.165, 1.54) is 18.2 Å². The molecule has 0 spiro atoms. The summed E-state index contributed by atoms with van der Waals surface area (Å²) in [6.07, 6.45) is 4.69. The zero-order valence-electron chi connectivity index (χ0n) is 20.8. The molecule has 2 aromatic carbocycles. The third kappa shape index (κ3) is 6.76. The first kappa shape index (κ1) is 26.8. The number of non-ortho nitro benzene ring substituents is 1. The van der Waals surface area contributed by atoms with Crippen LogP contribution in [0.2, 0.25) is 5.02 Å². The normalized spacial score (nSPS) is 13.8. The van der Waals surface area contributed by atoms with E-state index in [2.05, 4.69) is 0 Å². The summed E-state index contributed by atoms with van der Waals surface area (Å²) in [6.45, 7) is 2.85. The molecule has 1 aromatic heterocycles. The van der Waals surface area contributed by atoms with Gasteiger partial charge in [0.2, 0.25) is 5.91 Å². The predicted molar refractivity (Wildman–Crippen MR) is 146 cm³/mol. The molecule has 1 heterocycles. The van der Waals surface area contributed by atoms with Gasteiger partial charge in [0.1, 0.15) is 6.54 Å². The SMILES string of the molecule is Cc1ccsc1CN(Cc1ccccc1)C(=O)CN(C(=O)c1ccc([N+](=O)[O-])cc1Cl)C1CCCCC1. The Morgan fingerprint density at radius 2 is 1.78 bits per heavy atom. The van der Waals surface area contributed by atoms with E-state index in [0.717, 1.165) is 48.1 Å². The Bertz CT molecular complexity index is 1260. The number of benzene rings is 2. The average Bonchev–Trinajstić information content (AvgIpc) is 3.31. The molecule has 3 aromatic rings. The lowest BCUT2D eigenvalue weighted by Crippen LogP contribution is -2.48. The zero-order valence-corrected chi connectivity index (χ0v) is 22.3. The van der Waals surface area contributed by atoms with Gasteiger partial charge in [-0.2, -0.15) is 0 Å². The number of nitro groups is 1. The van der Waals surface area contributed by atoms with E-state index in [1.807, 2.05) is 48.7 Å². The van der Waals surface area contributed by atoms with Crippen molar-refractivity contribution >= 4 is 40.4 Å². The molecular weight excluding hydrogens is 510 g/mol. The second kappa shape index (κ2) is 12.3. The maximum Gasteiger partial charge on any atom is 0.270 e. The number of amides is 2. The monoisotopic (exact) mass is 539 g/mol. The topological polar surface area (TPSA) is 83.8 Å². The smallest absolute Gasteiger partial charge is 0.270 e. The van der Waals surface area contributed by atoms with Gasteiger partial charge in [-0.15, -0.1) is 11.3 Å². The van der Waals surface area contributed by atoms with Crippen molar-refractivity contribution in [1.29, 1.82) is 0 Å². The summed E-state index contributed by atoms with van der Waals surface area (Å²) in [7, 11) is 0. The van der Waals surface area contributed by atoms with Gasteiger partial charge in [0.05, 0.1) is 22.1 Å². The van der Waals surface area contributed by atoms with Crippen LogP contribution in [0, 0.1) is 17.0 Å². The van der Waals surface area contributed by atoms with Crippen LogP contribution in [-0.4, -0.2) is 39.1 Å². The fourth-order valence-corrected chi connectivity index (χ4v) is 5.90. The van der Waals surface area contributed by atoms with E-state index in [1.54, 1.807) is 21.1 Å². The number of nitrogens with zero attached hydrogens (tertiary/aromatic N) is 3. The summed E-state index contributed by atoms with van der Waals surface area (Å²) >= 11 is 7.94. The average molecular weight is 540 g/mol. The minimum Gasteiger partial charge on any atom is -0.332 e. The summed E-state index contributed by atoms with van der Waals surface area (Å²) in [6, 6.07) is 15.6. The number of halogens is 1. The lowest BCUT2D eigenvalue weighted by Gasteiger charge is -2.35. The molecule has 1 aliphatic carbocycles. The van der Waals surface area contributed by atoms with Crippen LogP contribution >= 0.6 is 22.9 Å². The summed E-state index contributed by atoms with van der Waals surface area (Å²) in [5, 5.41) is 13.2. The number of carbonyl (C=O) groups is 2. The molecule has 0 aliphatic heterocycles. The summed E-state index contributed by atoms with van der Waals surface area (Å²) in [5.74, 6) is -0.513. The van der Waals surface area contributed by atoms with E-state index in [-0.39, 0.29) is 40.7 Å². The summed E-state index contributed by atoms with van der Waals surface area (Å²) < 4.78 is 0. The van der Waals surface area contributed by atoms with Gasteiger partial charge < -0.3 is 9.80 Å². The first-order chi connectivity index (χ1) is 17.8. The van der Waals surface area contributed by atoms with E-state index in [9.17, 15) is 19.7 Å². The standard InChI is InChI=1S/C28H30ClN3O4S/c1-20-14-15-37-26(20)18-30(17-21-8-4-2-5-9-21)27(33)19-31(22-10-6-3-7-11-22)28(34)24-13-12-23(32(35)36)16-25(24)29/h2,4-5,8-9,12-16,22H,3,6-7,10-11,17-19H2,1H3. The Morgan fingerprint density at radius 1 is 1.05 bits per heavy atom. The number of carbonyl (C=O) groups excluding carboxylic acids is 2. The molecule has 0 atom stereocenters. The molecule has 1 fully saturated rings. The molecule has 0 saturated heterocycles. The Hall–Kier alpha value is -3.23. The molecule has 4 rings (SSSR count). The molecule has 0 bridgehead atoms. The second-order valence-electron chi connectivity index (χ2n) is 9.41. The maximum absolute atomic E-state index is 13.8. The van der Waals surface area contributed by atoms with Crippen LogP contribution < -0.4 is 0 Å². The number of thiophene rings is 1. The van der Waals surface area contributed by atoms with Crippen LogP contribution in [0.3, 0.4) is 0 Å². The van der Waals surface area contributed by atoms with Gasteiger partial charge in [-0.3, -0.25) is 19.7 Å². The number of nitro benzene ring substituents is 1. The molecule has 0 radical (unpaired) electrons. The highest BCUT2D eigenvalue weighted by molar-refractivity contribution is 7.10. The van der Waals surface area contributed by atoms with Crippen molar-refractivity contribution in [1.82, 2.24) is 9.80 Å². The van der Waals surface area contributed by atoms with Crippen molar-refractivity contribution in [2.24, 2.45) is 0 Å². The van der Waals surface area contributed by atoms with Gasteiger partial charge in [-0.25, -0.2) is 0 Å². The second-order valence-corrected chi connectivity index (χ2v) is 10.8. The lowest BCUT2D eigenvalue weighted by atomic mass is 9.93. The number of aryl methyl sites for hydroxylation is 1. The molecule has 1 aliphatic rings. The summed E-state index contributed by atoms with van der Waals surface area (Å²) in [5.41, 5.74) is 2.14. The van der Waals surface area contributed by atoms with Gasteiger partial charge in [0, 0.05) is 29.6 Å². The van der Waals surface area contributed by atoms with Crippen LogP contribution in [-0.2, 0) is 17.9 Å². The maximum atomic E-state index is 13.8. The van der Waals surface area contributed by atoms with Crippen molar-refractivity contribution in [2.45, 2.75) is 58.2 Å². The van der Waals surface area contributed by atoms with Crippen LogP contribution in [0.25, 0.3) is 0 Å². The molecule has 9 heteroatoms. The zero-order chi connectivity index (χ0) is 26.4. The lowest BCUT2D eigenvalue weighted by molar-refractivity contribution is -0.384. The minimum atomic E-state index is -0.545. The predicted octanol–water partition coefficient (Wildman–Crippen LogP) is 6.62. The first-order valence-electron chi connectivity index (χ1n) is 12.4. The molecule has 2 amide bonds. The Kier molecular flexibility index (Phi) is 8.95.